The van der Waals surface area contributed by atoms with Crippen molar-refractivity contribution in [1.29, 1.82) is 0 Å². The molecule has 0 radical (unpaired) electrons. The summed E-state index contributed by atoms with van der Waals surface area (Å²) in [5.74, 6) is 0.881. The van der Waals surface area contributed by atoms with Crippen molar-refractivity contribution in [3.8, 4) is 5.75 Å². The van der Waals surface area contributed by atoms with Gasteiger partial charge in [0.1, 0.15) is 15.8 Å². The maximum Gasteiger partial charge on any atom is 0.134 e. The number of benzene rings is 1. The first kappa shape index (κ1) is 14.9. The molecule has 0 spiro atoms. The van der Waals surface area contributed by atoms with Gasteiger partial charge < -0.3 is 10.1 Å². The molecular formula is C15H21N3OS. The van der Waals surface area contributed by atoms with E-state index in [1.54, 1.807) is 18.4 Å². The fourth-order valence-corrected chi connectivity index (χ4v) is 3.12. The average Bonchev–Trinajstić information content (AvgIpc) is 2.93. The maximum absolute atomic E-state index is 5.24. The van der Waals surface area contributed by atoms with Crippen LogP contribution in [-0.2, 0) is 6.42 Å². The van der Waals surface area contributed by atoms with Gasteiger partial charge in [-0.2, -0.15) is 0 Å². The molecule has 0 fully saturated rings. The van der Waals surface area contributed by atoms with Gasteiger partial charge in [0.15, 0.2) is 0 Å². The van der Waals surface area contributed by atoms with Crippen LogP contribution in [0.1, 0.15) is 41.9 Å². The fraction of sp³-hybridized carbons (Fsp3) is 0.467. The summed E-state index contributed by atoms with van der Waals surface area (Å²) in [5.41, 5.74) is 1.20. The molecule has 0 saturated heterocycles. The van der Waals surface area contributed by atoms with Crippen molar-refractivity contribution in [2.45, 2.75) is 32.7 Å². The van der Waals surface area contributed by atoms with Gasteiger partial charge in [0.2, 0.25) is 0 Å². The van der Waals surface area contributed by atoms with Crippen LogP contribution in [0.2, 0.25) is 0 Å². The number of aromatic nitrogens is 2. The van der Waals surface area contributed by atoms with E-state index < -0.39 is 0 Å². The summed E-state index contributed by atoms with van der Waals surface area (Å²) in [5, 5.41) is 14.2. The van der Waals surface area contributed by atoms with E-state index >= 15 is 0 Å². The minimum absolute atomic E-state index is 0.316. The summed E-state index contributed by atoms with van der Waals surface area (Å²) in [6.45, 7) is 5.22. The molecule has 0 aliphatic rings. The predicted molar refractivity (Wildman–Crippen MR) is 82.4 cm³/mol. The molecular weight excluding hydrogens is 270 g/mol. The Kier molecular flexibility index (Phi) is 5.49. The second-order valence-corrected chi connectivity index (χ2v) is 5.67. The number of rotatable bonds is 7. The quantitative estimate of drug-likeness (QED) is 0.851. The SMILES string of the molecule is CCNC(CC)c1nnc(Cc2cccc(OC)c2)s1. The Bertz CT molecular complexity index is 541. The van der Waals surface area contributed by atoms with E-state index in [0.29, 0.717) is 6.04 Å². The summed E-state index contributed by atoms with van der Waals surface area (Å²) in [6, 6.07) is 8.40. The molecule has 0 saturated carbocycles. The molecule has 1 unspecified atom stereocenters. The van der Waals surface area contributed by atoms with Crippen LogP contribution in [0.3, 0.4) is 0 Å². The number of ether oxygens (including phenoxy) is 1. The normalized spacial score (nSPS) is 12.3. The highest BCUT2D eigenvalue weighted by Crippen LogP contribution is 2.23. The van der Waals surface area contributed by atoms with Crippen LogP contribution >= 0.6 is 11.3 Å². The summed E-state index contributed by atoms with van der Waals surface area (Å²) in [6.07, 6.45) is 1.83. The first-order valence-electron chi connectivity index (χ1n) is 6.95. The average molecular weight is 291 g/mol. The second-order valence-electron chi connectivity index (χ2n) is 4.58. The highest BCUT2D eigenvalue weighted by atomic mass is 32.1. The lowest BCUT2D eigenvalue weighted by molar-refractivity contribution is 0.414. The Balaban J connectivity index is 2.08. The van der Waals surface area contributed by atoms with Crippen molar-refractivity contribution < 1.29 is 4.74 Å². The van der Waals surface area contributed by atoms with Gasteiger partial charge in [-0.25, -0.2) is 0 Å². The molecule has 0 aliphatic heterocycles. The van der Waals surface area contributed by atoms with Gasteiger partial charge in [0.05, 0.1) is 13.2 Å². The monoisotopic (exact) mass is 291 g/mol. The molecule has 1 heterocycles. The van der Waals surface area contributed by atoms with Gasteiger partial charge in [-0.15, -0.1) is 10.2 Å². The molecule has 0 aliphatic carbocycles. The second kappa shape index (κ2) is 7.36. The van der Waals surface area contributed by atoms with Gasteiger partial charge in [0, 0.05) is 6.42 Å². The Hall–Kier alpha value is -1.46. The first-order valence-corrected chi connectivity index (χ1v) is 7.77. The molecule has 0 amide bonds. The molecule has 1 aromatic heterocycles. The molecule has 108 valence electrons. The fourth-order valence-electron chi connectivity index (χ4n) is 2.09. The Morgan fingerprint density at radius 3 is 2.85 bits per heavy atom. The molecule has 4 nitrogen and oxygen atoms in total. The third kappa shape index (κ3) is 3.77. The van der Waals surface area contributed by atoms with E-state index in [1.165, 1.54) is 5.56 Å². The van der Waals surface area contributed by atoms with Crippen LogP contribution in [0.15, 0.2) is 24.3 Å². The van der Waals surface area contributed by atoms with E-state index in [9.17, 15) is 0 Å². The zero-order chi connectivity index (χ0) is 14.4. The van der Waals surface area contributed by atoms with Gasteiger partial charge in [-0.05, 0) is 30.7 Å². The van der Waals surface area contributed by atoms with Crippen molar-refractivity contribution in [2.75, 3.05) is 13.7 Å². The van der Waals surface area contributed by atoms with E-state index in [4.69, 9.17) is 4.74 Å². The van der Waals surface area contributed by atoms with Crippen LogP contribution in [0.4, 0.5) is 0 Å². The van der Waals surface area contributed by atoms with Crippen molar-refractivity contribution in [3.63, 3.8) is 0 Å². The lowest BCUT2D eigenvalue weighted by Crippen LogP contribution is -2.19. The van der Waals surface area contributed by atoms with Crippen molar-refractivity contribution in [1.82, 2.24) is 15.5 Å². The highest BCUT2D eigenvalue weighted by molar-refractivity contribution is 7.11. The van der Waals surface area contributed by atoms with Crippen molar-refractivity contribution >= 4 is 11.3 Å². The van der Waals surface area contributed by atoms with Crippen molar-refractivity contribution in [2.24, 2.45) is 0 Å². The molecule has 20 heavy (non-hydrogen) atoms. The van der Waals surface area contributed by atoms with Gasteiger partial charge in [-0.1, -0.05) is 37.3 Å². The summed E-state index contributed by atoms with van der Waals surface area (Å²) >= 11 is 1.69. The third-order valence-corrected chi connectivity index (χ3v) is 4.17. The molecule has 5 heteroatoms. The zero-order valence-electron chi connectivity index (χ0n) is 12.2. The number of hydrogen-bond acceptors (Lipinski definition) is 5. The van der Waals surface area contributed by atoms with Crippen molar-refractivity contribution in [3.05, 3.63) is 39.8 Å². The molecule has 0 bridgehead atoms. The number of methoxy groups -OCH3 is 1. The van der Waals surface area contributed by atoms with Crippen LogP contribution in [0.25, 0.3) is 0 Å². The van der Waals surface area contributed by atoms with Gasteiger partial charge in [-0.3, -0.25) is 0 Å². The Morgan fingerprint density at radius 2 is 2.15 bits per heavy atom. The number of nitrogens with one attached hydrogen (secondary N) is 1. The number of nitrogens with zero attached hydrogens (tertiary/aromatic N) is 2. The van der Waals surface area contributed by atoms with Crippen LogP contribution < -0.4 is 10.1 Å². The highest BCUT2D eigenvalue weighted by Gasteiger charge is 2.14. The van der Waals surface area contributed by atoms with Gasteiger partial charge in [0.25, 0.3) is 0 Å². The predicted octanol–water partition coefficient (Wildman–Crippen LogP) is 3.20. The van der Waals surface area contributed by atoms with Crippen LogP contribution in [0, 0.1) is 0 Å². The lowest BCUT2D eigenvalue weighted by Gasteiger charge is -2.10. The Labute approximate surface area is 124 Å². The molecule has 2 aromatic rings. The summed E-state index contributed by atoms with van der Waals surface area (Å²) in [7, 11) is 1.68. The topological polar surface area (TPSA) is 47.0 Å². The largest absolute Gasteiger partial charge is 0.497 e. The molecule has 1 aromatic carbocycles. The maximum atomic E-state index is 5.24. The van der Waals surface area contributed by atoms with E-state index in [0.717, 1.165) is 35.2 Å². The summed E-state index contributed by atoms with van der Waals surface area (Å²) < 4.78 is 5.24. The minimum atomic E-state index is 0.316. The first-order chi connectivity index (χ1) is 9.76. The smallest absolute Gasteiger partial charge is 0.134 e. The Morgan fingerprint density at radius 1 is 1.30 bits per heavy atom. The molecule has 2 rings (SSSR count). The van der Waals surface area contributed by atoms with E-state index in [2.05, 4.69) is 35.4 Å². The molecule has 1 atom stereocenters. The zero-order valence-corrected chi connectivity index (χ0v) is 13.0. The number of hydrogen-bond donors (Lipinski definition) is 1. The summed E-state index contributed by atoms with van der Waals surface area (Å²) in [4.78, 5) is 0. The van der Waals surface area contributed by atoms with E-state index in [-0.39, 0.29) is 0 Å². The van der Waals surface area contributed by atoms with Crippen LogP contribution in [-0.4, -0.2) is 23.9 Å². The molecule has 1 N–H and O–H groups in total. The standard InChI is InChI=1S/C15H21N3OS/c1-4-13(16-5-2)15-18-17-14(20-15)10-11-7-6-8-12(9-11)19-3/h6-9,13,16H,4-5,10H2,1-3H3. The minimum Gasteiger partial charge on any atom is -0.497 e. The van der Waals surface area contributed by atoms with Gasteiger partial charge >= 0.3 is 0 Å². The van der Waals surface area contributed by atoms with Crippen LogP contribution in [0.5, 0.6) is 5.75 Å². The third-order valence-electron chi connectivity index (χ3n) is 3.13. The lowest BCUT2D eigenvalue weighted by atomic mass is 10.1. The van der Waals surface area contributed by atoms with E-state index in [1.807, 2.05) is 18.2 Å².